The Balaban J connectivity index is 1.47. The van der Waals surface area contributed by atoms with Crippen LogP contribution in [0.2, 0.25) is 0 Å². The summed E-state index contributed by atoms with van der Waals surface area (Å²) in [6.07, 6.45) is 4.23. The van der Waals surface area contributed by atoms with Gasteiger partial charge in [-0.05, 0) is 42.5 Å². The Kier molecular flexibility index (Phi) is 4.58. The summed E-state index contributed by atoms with van der Waals surface area (Å²) in [6.45, 7) is 0. The Hall–Kier alpha value is -5.61. The van der Waals surface area contributed by atoms with E-state index in [1.165, 1.54) is 32.6 Å². The summed E-state index contributed by atoms with van der Waals surface area (Å²) < 4.78 is 7.03. The van der Waals surface area contributed by atoms with Gasteiger partial charge in [0.15, 0.2) is 5.82 Å². The highest BCUT2D eigenvalue weighted by atomic mass is 15.1. The lowest BCUT2D eigenvalue weighted by atomic mass is 10.2. The fourth-order valence-electron chi connectivity index (χ4n) is 6.61. The SMILES string of the molecule is c1ccc(-n2cc(-n3c4ccccc4c4ccccc43)c3ccnc(-n4c5ccccc5c5ccccc54)c32)cc1. The first-order valence-electron chi connectivity index (χ1n) is 13.9. The van der Waals surface area contributed by atoms with E-state index >= 15 is 0 Å². The number of hydrogen-bond donors (Lipinski definition) is 0. The topological polar surface area (TPSA) is 27.7 Å². The van der Waals surface area contributed by atoms with Crippen molar-refractivity contribution in [3.63, 3.8) is 0 Å². The summed E-state index contributed by atoms with van der Waals surface area (Å²) in [5.41, 5.74) is 7.97. The van der Waals surface area contributed by atoms with Crippen LogP contribution in [0, 0.1) is 0 Å². The maximum Gasteiger partial charge on any atom is 0.162 e. The second-order valence-corrected chi connectivity index (χ2v) is 10.5. The lowest BCUT2D eigenvalue weighted by Gasteiger charge is -2.12. The van der Waals surface area contributed by atoms with Gasteiger partial charge in [-0.2, -0.15) is 0 Å². The van der Waals surface area contributed by atoms with Gasteiger partial charge in [0.1, 0.15) is 0 Å². The van der Waals surface area contributed by atoms with Crippen LogP contribution < -0.4 is 0 Å². The van der Waals surface area contributed by atoms with E-state index in [4.69, 9.17) is 4.98 Å². The molecule has 0 aliphatic rings. The predicted octanol–water partition coefficient (Wildman–Crippen LogP) is 9.22. The highest BCUT2D eigenvalue weighted by Crippen LogP contribution is 2.39. The third-order valence-corrected chi connectivity index (χ3v) is 8.32. The monoisotopic (exact) mass is 524 g/mol. The third kappa shape index (κ3) is 3.07. The highest BCUT2D eigenvalue weighted by Gasteiger charge is 2.22. The summed E-state index contributed by atoms with van der Waals surface area (Å²) in [4.78, 5) is 5.09. The van der Waals surface area contributed by atoms with Gasteiger partial charge < -0.3 is 9.13 Å². The number of fused-ring (bicyclic) bond motifs is 7. The zero-order chi connectivity index (χ0) is 26.9. The van der Waals surface area contributed by atoms with Crippen LogP contribution in [0.25, 0.3) is 71.7 Å². The number of aromatic nitrogens is 4. The predicted molar refractivity (Wildman–Crippen MR) is 170 cm³/mol. The van der Waals surface area contributed by atoms with Crippen LogP contribution in [0.3, 0.4) is 0 Å². The standard InChI is InChI=1S/C37H24N4/c1-2-12-25(13-3-1)39-24-35(40-31-18-8-4-14-26(31)27-15-5-9-19-32(27)40)30-22-23-38-37(36(30)39)41-33-20-10-6-16-28(33)29-17-7-11-21-34(29)41/h1-24H. The summed E-state index contributed by atoms with van der Waals surface area (Å²) in [7, 11) is 0. The van der Waals surface area contributed by atoms with Crippen molar-refractivity contribution in [1.82, 2.24) is 18.7 Å². The number of benzene rings is 5. The van der Waals surface area contributed by atoms with Crippen LogP contribution in [0.15, 0.2) is 146 Å². The minimum atomic E-state index is 0.913. The number of nitrogens with zero attached hydrogens (tertiary/aromatic N) is 4. The number of para-hydroxylation sites is 5. The molecular formula is C37H24N4. The lowest BCUT2D eigenvalue weighted by molar-refractivity contribution is 1.05. The van der Waals surface area contributed by atoms with Gasteiger partial charge in [0.05, 0.1) is 33.3 Å². The van der Waals surface area contributed by atoms with Gasteiger partial charge in [0.2, 0.25) is 0 Å². The molecule has 0 bridgehead atoms. The van der Waals surface area contributed by atoms with E-state index in [1.807, 2.05) is 6.20 Å². The molecule has 9 rings (SSSR count). The van der Waals surface area contributed by atoms with E-state index in [0.29, 0.717) is 0 Å². The Bertz CT molecular complexity index is 2310. The van der Waals surface area contributed by atoms with Gasteiger partial charge in [-0.25, -0.2) is 4.98 Å². The molecule has 0 aliphatic carbocycles. The van der Waals surface area contributed by atoms with Crippen molar-refractivity contribution in [2.75, 3.05) is 0 Å². The van der Waals surface area contributed by atoms with E-state index in [9.17, 15) is 0 Å². The van der Waals surface area contributed by atoms with E-state index in [2.05, 4.69) is 153 Å². The third-order valence-electron chi connectivity index (χ3n) is 8.32. The van der Waals surface area contributed by atoms with Crippen molar-refractivity contribution in [2.45, 2.75) is 0 Å². The molecule has 4 heterocycles. The molecule has 0 fully saturated rings. The molecule has 5 aromatic carbocycles. The average molecular weight is 525 g/mol. The summed E-state index contributed by atoms with van der Waals surface area (Å²) in [6, 6.07) is 47.3. The molecule has 0 saturated heterocycles. The molecule has 0 spiro atoms. The molecule has 41 heavy (non-hydrogen) atoms. The Labute approximate surface area is 235 Å². The molecule has 4 heteroatoms. The zero-order valence-corrected chi connectivity index (χ0v) is 22.1. The van der Waals surface area contributed by atoms with E-state index in [0.717, 1.165) is 39.1 Å². The Morgan fingerprint density at radius 1 is 0.415 bits per heavy atom. The van der Waals surface area contributed by atoms with E-state index in [1.54, 1.807) is 0 Å². The van der Waals surface area contributed by atoms with Crippen LogP contribution in [-0.4, -0.2) is 18.7 Å². The van der Waals surface area contributed by atoms with Crippen LogP contribution in [0.4, 0.5) is 0 Å². The molecule has 4 nitrogen and oxygen atoms in total. The first kappa shape index (κ1) is 22.2. The number of pyridine rings is 1. The van der Waals surface area contributed by atoms with Crippen LogP contribution in [-0.2, 0) is 0 Å². The van der Waals surface area contributed by atoms with Crippen molar-refractivity contribution in [1.29, 1.82) is 0 Å². The highest BCUT2D eigenvalue weighted by molar-refractivity contribution is 6.12. The molecule has 0 saturated carbocycles. The van der Waals surface area contributed by atoms with Gasteiger partial charge in [-0.1, -0.05) is 91.0 Å². The molecule has 0 aliphatic heterocycles. The summed E-state index contributed by atoms with van der Waals surface area (Å²) >= 11 is 0. The fourth-order valence-corrected chi connectivity index (χ4v) is 6.61. The maximum atomic E-state index is 5.09. The van der Waals surface area contributed by atoms with Gasteiger partial charge in [0, 0.05) is 45.0 Å². The van der Waals surface area contributed by atoms with Gasteiger partial charge in [-0.15, -0.1) is 0 Å². The second kappa shape index (κ2) is 8.44. The zero-order valence-electron chi connectivity index (χ0n) is 22.1. The van der Waals surface area contributed by atoms with Crippen molar-refractivity contribution >= 4 is 54.5 Å². The Morgan fingerprint density at radius 3 is 1.41 bits per heavy atom. The molecule has 4 aromatic heterocycles. The molecule has 0 atom stereocenters. The van der Waals surface area contributed by atoms with Crippen molar-refractivity contribution in [2.24, 2.45) is 0 Å². The lowest BCUT2D eigenvalue weighted by Crippen LogP contribution is -2.02. The minimum Gasteiger partial charge on any atom is -0.311 e. The molecule has 0 N–H and O–H groups in total. The van der Waals surface area contributed by atoms with E-state index in [-0.39, 0.29) is 0 Å². The quantitative estimate of drug-likeness (QED) is 0.226. The Morgan fingerprint density at radius 2 is 0.878 bits per heavy atom. The maximum absolute atomic E-state index is 5.09. The van der Waals surface area contributed by atoms with Crippen molar-refractivity contribution in [3.8, 4) is 17.2 Å². The molecule has 192 valence electrons. The summed E-state index contributed by atoms with van der Waals surface area (Å²) in [5.74, 6) is 0.913. The largest absolute Gasteiger partial charge is 0.311 e. The smallest absolute Gasteiger partial charge is 0.162 e. The van der Waals surface area contributed by atoms with Crippen molar-refractivity contribution in [3.05, 3.63) is 146 Å². The molecule has 0 amide bonds. The number of hydrogen-bond acceptors (Lipinski definition) is 1. The van der Waals surface area contributed by atoms with Crippen LogP contribution in [0.1, 0.15) is 0 Å². The average Bonchev–Trinajstić information content (AvgIpc) is 3.69. The second-order valence-electron chi connectivity index (χ2n) is 10.5. The molecule has 0 radical (unpaired) electrons. The van der Waals surface area contributed by atoms with Crippen LogP contribution in [0.5, 0.6) is 0 Å². The summed E-state index contributed by atoms with van der Waals surface area (Å²) in [5, 5.41) is 6.10. The van der Waals surface area contributed by atoms with E-state index < -0.39 is 0 Å². The first-order valence-corrected chi connectivity index (χ1v) is 13.9. The van der Waals surface area contributed by atoms with Crippen molar-refractivity contribution < 1.29 is 0 Å². The van der Waals surface area contributed by atoms with Gasteiger partial charge >= 0.3 is 0 Å². The molecule has 9 aromatic rings. The normalized spacial score (nSPS) is 11.9. The molecular weight excluding hydrogens is 500 g/mol. The molecule has 0 unspecified atom stereocenters. The first-order chi connectivity index (χ1) is 20.4. The van der Waals surface area contributed by atoms with Gasteiger partial charge in [0.25, 0.3) is 0 Å². The van der Waals surface area contributed by atoms with Gasteiger partial charge in [-0.3, -0.25) is 4.57 Å². The fraction of sp³-hybridized carbons (Fsp3) is 0. The number of rotatable bonds is 3. The minimum absolute atomic E-state index is 0.913. The van der Waals surface area contributed by atoms with Crippen LogP contribution >= 0.6 is 0 Å².